The Morgan fingerprint density at radius 1 is 1.23 bits per heavy atom. The molecule has 0 atom stereocenters. The summed E-state index contributed by atoms with van der Waals surface area (Å²) in [6.07, 6.45) is 1.35. The average Bonchev–Trinajstić information content (AvgIpc) is 2.76. The van der Waals surface area contributed by atoms with Gasteiger partial charge in [0.05, 0.1) is 21.6 Å². The summed E-state index contributed by atoms with van der Waals surface area (Å²) in [5.74, 6) is -0.414. The van der Waals surface area contributed by atoms with E-state index in [0.717, 1.165) is 26.7 Å². The van der Waals surface area contributed by atoms with Crippen LogP contribution in [-0.2, 0) is 14.3 Å². The van der Waals surface area contributed by atoms with Crippen LogP contribution in [0, 0.1) is 0 Å². The maximum atomic E-state index is 12.4. The lowest BCUT2D eigenvalue weighted by Crippen LogP contribution is -2.35. The summed E-state index contributed by atoms with van der Waals surface area (Å²) in [4.78, 5) is 37.3. The first-order valence-electron chi connectivity index (χ1n) is 8.08. The Labute approximate surface area is 165 Å². The summed E-state index contributed by atoms with van der Waals surface area (Å²) in [5, 5.41) is -0.485. The maximum Gasteiger partial charge on any atom is 0.326 e. The molecule has 0 radical (unpaired) electrons. The molecule has 1 aromatic rings. The van der Waals surface area contributed by atoms with Crippen LogP contribution in [0.4, 0.5) is 4.79 Å². The molecular weight excluding hydrogens is 422 g/mol. The Hall–Kier alpha value is -1.80. The lowest BCUT2D eigenvalue weighted by atomic mass is 10.2. The highest BCUT2D eigenvalue weighted by Gasteiger charge is 2.36. The molecule has 0 saturated carbocycles. The molecular formula is C18H20BrNO5S. The molecule has 1 fully saturated rings. The van der Waals surface area contributed by atoms with E-state index in [1.807, 2.05) is 13.8 Å². The van der Waals surface area contributed by atoms with Crippen molar-refractivity contribution in [3.63, 3.8) is 0 Å². The van der Waals surface area contributed by atoms with Crippen LogP contribution in [-0.4, -0.2) is 40.8 Å². The molecule has 0 aliphatic carbocycles. The highest BCUT2D eigenvalue weighted by molar-refractivity contribution is 9.10. The van der Waals surface area contributed by atoms with Crippen LogP contribution in [0.3, 0.4) is 0 Å². The number of benzene rings is 1. The number of hydrogen-bond acceptors (Lipinski definition) is 6. The number of rotatable bonds is 6. The van der Waals surface area contributed by atoms with Gasteiger partial charge in [-0.3, -0.25) is 19.3 Å². The Kier molecular flexibility index (Phi) is 6.88. The quantitative estimate of drug-likeness (QED) is 0.485. The minimum Gasteiger partial charge on any atom is -0.490 e. The van der Waals surface area contributed by atoms with Crippen LogP contribution in [0.5, 0.6) is 5.75 Å². The summed E-state index contributed by atoms with van der Waals surface area (Å²) >= 11 is 4.24. The second-order valence-corrected chi connectivity index (χ2v) is 8.01. The van der Waals surface area contributed by atoms with Gasteiger partial charge in [0.1, 0.15) is 12.3 Å². The van der Waals surface area contributed by atoms with Crippen LogP contribution in [0.1, 0.15) is 33.3 Å². The van der Waals surface area contributed by atoms with Gasteiger partial charge in [0.15, 0.2) is 0 Å². The van der Waals surface area contributed by atoms with E-state index in [1.54, 1.807) is 38.1 Å². The number of imide groups is 1. The zero-order valence-electron chi connectivity index (χ0n) is 14.9. The van der Waals surface area contributed by atoms with Crippen LogP contribution in [0.2, 0.25) is 0 Å². The zero-order valence-corrected chi connectivity index (χ0v) is 17.3. The van der Waals surface area contributed by atoms with Gasteiger partial charge in [0.2, 0.25) is 0 Å². The van der Waals surface area contributed by atoms with Crippen LogP contribution < -0.4 is 4.74 Å². The fraction of sp³-hybridized carbons (Fsp3) is 0.389. The Bertz CT molecular complexity index is 760. The van der Waals surface area contributed by atoms with E-state index in [1.165, 1.54) is 0 Å². The molecule has 6 nitrogen and oxygen atoms in total. The van der Waals surface area contributed by atoms with Crippen molar-refractivity contribution in [2.75, 3.05) is 6.54 Å². The highest BCUT2D eigenvalue weighted by atomic mass is 79.9. The number of carbonyl (C=O) groups excluding carboxylic acids is 3. The van der Waals surface area contributed by atoms with Crippen LogP contribution in [0.25, 0.3) is 6.08 Å². The minimum atomic E-state index is -0.610. The second kappa shape index (κ2) is 8.73. The lowest BCUT2D eigenvalue weighted by Gasteiger charge is -2.13. The number of hydrogen-bond donors (Lipinski definition) is 0. The molecule has 0 bridgehead atoms. The average molecular weight is 442 g/mol. The van der Waals surface area contributed by atoms with E-state index in [0.29, 0.717) is 5.75 Å². The molecule has 1 aliphatic heterocycles. The molecule has 1 heterocycles. The van der Waals surface area contributed by atoms with Crippen molar-refractivity contribution in [2.45, 2.75) is 39.9 Å². The number of esters is 1. The first kappa shape index (κ1) is 20.5. The van der Waals surface area contributed by atoms with Gasteiger partial charge >= 0.3 is 5.97 Å². The molecule has 0 spiro atoms. The fourth-order valence-electron chi connectivity index (χ4n) is 2.17. The van der Waals surface area contributed by atoms with E-state index in [-0.39, 0.29) is 23.7 Å². The molecule has 26 heavy (non-hydrogen) atoms. The largest absolute Gasteiger partial charge is 0.490 e. The van der Waals surface area contributed by atoms with E-state index < -0.39 is 17.1 Å². The first-order valence-corrected chi connectivity index (χ1v) is 9.69. The van der Waals surface area contributed by atoms with Gasteiger partial charge in [0.25, 0.3) is 11.1 Å². The predicted molar refractivity (Wildman–Crippen MR) is 104 cm³/mol. The minimum absolute atomic E-state index is 0.0410. The lowest BCUT2D eigenvalue weighted by molar-refractivity contribution is -0.149. The first-order chi connectivity index (χ1) is 12.2. The molecule has 0 aromatic heterocycles. The molecule has 2 rings (SSSR count). The van der Waals surface area contributed by atoms with Crippen molar-refractivity contribution in [2.24, 2.45) is 0 Å². The SMILES string of the molecule is CC(C)OC(=O)CN1C(=O)S/C(=C/c2ccc(OC(C)C)c(Br)c2)C1=O. The van der Waals surface area contributed by atoms with Gasteiger partial charge in [-0.1, -0.05) is 6.07 Å². The van der Waals surface area contributed by atoms with Gasteiger partial charge in [-0.25, -0.2) is 0 Å². The number of halogens is 1. The Morgan fingerprint density at radius 2 is 1.92 bits per heavy atom. The van der Waals surface area contributed by atoms with Crippen molar-refractivity contribution < 1.29 is 23.9 Å². The summed E-state index contributed by atoms with van der Waals surface area (Å²) < 4.78 is 11.4. The third-order valence-electron chi connectivity index (χ3n) is 3.14. The Morgan fingerprint density at radius 3 is 2.50 bits per heavy atom. The van der Waals surface area contributed by atoms with Crippen molar-refractivity contribution in [3.05, 3.63) is 33.1 Å². The van der Waals surface area contributed by atoms with Gasteiger partial charge < -0.3 is 9.47 Å². The van der Waals surface area contributed by atoms with Gasteiger partial charge in [-0.15, -0.1) is 0 Å². The smallest absolute Gasteiger partial charge is 0.326 e. The van der Waals surface area contributed by atoms with Crippen molar-refractivity contribution >= 4 is 50.9 Å². The second-order valence-electron chi connectivity index (χ2n) is 6.16. The number of amides is 2. The number of nitrogens with zero attached hydrogens (tertiary/aromatic N) is 1. The van der Waals surface area contributed by atoms with E-state index in [4.69, 9.17) is 9.47 Å². The van der Waals surface area contributed by atoms with Crippen molar-refractivity contribution in [1.82, 2.24) is 4.90 Å². The normalized spacial score (nSPS) is 16.1. The van der Waals surface area contributed by atoms with Gasteiger partial charge in [-0.05, 0) is 79.2 Å². The topological polar surface area (TPSA) is 72.9 Å². The number of thioether (sulfide) groups is 1. The molecule has 1 aliphatic rings. The molecule has 2 amide bonds. The summed E-state index contributed by atoms with van der Waals surface area (Å²) in [7, 11) is 0. The summed E-state index contributed by atoms with van der Waals surface area (Å²) in [6, 6.07) is 5.39. The van der Waals surface area contributed by atoms with E-state index in [9.17, 15) is 14.4 Å². The highest BCUT2D eigenvalue weighted by Crippen LogP contribution is 2.34. The summed E-state index contributed by atoms with van der Waals surface area (Å²) in [6.45, 7) is 6.89. The van der Waals surface area contributed by atoms with Crippen LogP contribution in [0.15, 0.2) is 27.6 Å². The number of ether oxygens (including phenoxy) is 2. The molecule has 0 unspecified atom stereocenters. The van der Waals surface area contributed by atoms with Crippen LogP contribution >= 0.6 is 27.7 Å². The monoisotopic (exact) mass is 441 g/mol. The third kappa shape index (κ3) is 5.35. The molecule has 1 aromatic carbocycles. The number of carbonyl (C=O) groups is 3. The predicted octanol–water partition coefficient (Wildman–Crippen LogP) is 4.22. The van der Waals surface area contributed by atoms with Gasteiger partial charge in [0, 0.05) is 0 Å². The third-order valence-corrected chi connectivity index (χ3v) is 4.67. The van der Waals surface area contributed by atoms with Crippen molar-refractivity contribution in [3.8, 4) is 5.75 Å². The summed E-state index contributed by atoms with van der Waals surface area (Å²) in [5.41, 5.74) is 0.739. The molecule has 140 valence electrons. The molecule has 0 N–H and O–H groups in total. The van der Waals surface area contributed by atoms with E-state index >= 15 is 0 Å². The van der Waals surface area contributed by atoms with Gasteiger partial charge in [-0.2, -0.15) is 0 Å². The fourth-order valence-corrected chi connectivity index (χ4v) is 3.50. The zero-order chi connectivity index (χ0) is 19.4. The molecule has 8 heteroatoms. The maximum absolute atomic E-state index is 12.4. The Balaban J connectivity index is 2.14. The van der Waals surface area contributed by atoms with Crippen molar-refractivity contribution in [1.29, 1.82) is 0 Å². The van der Waals surface area contributed by atoms with E-state index in [2.05, 4.69) is 15.9 Å². The molecule has 1 saturated heterocycles. The standard InChI is InChI=1S/C18H20BrNO5S/c1-10(2)24-14-6-5-12(7-13(14)19)8-15-17(22)20(18(23)26-15)9-16(21)25-11(3)4/h5-8,10-11H,9H2,1-4H3/b15-8+.